The Balaban J connectivity index is 1.54. The van der Waals surface area contributed by atoms with Crippen LogP contribution in [0.2, 0.25) is 0 Å². The number of benzene rings is 1. The summed E-state index contributed by atoms with van der Waals surface area (Å²) in [6.45, 7) is 8.64. The monoisotopic (exact) mass is 391 g/mol. The van der Waals surface area contributed by atoms with Gasteiger partial charge in [0.25, 0.3) is 5.91 Å². The number of nitrogens with one attached hydrogen (secondary N) is 1. The van der Waals surface area contributed by atoms with Gasteiger partial charge in [-0.2, -0.15) is 0 Å². The maximum Gasteiger partial charge on any atom is 0.256 e. The normalized spacial score (nSPS) is 35.1. The number of carbonyl (C=O) groups is 2. The Kier molecular flexibility index (Phi) is 4.59. The van der Waals surface area contributed by atoms with E-state index in [9.17, 15) is 9.59 Å². The fraction of sp³-hybridized carbons (Fsp3) is 0.600. The zero-order valence-corrected chi connectivity index (χ0v) is 16.6. The van der Waals surface area contributed by atoms with Gasteiger partial charge in [-0.1, -0.05) is 0 Å². The second-order valence-corrected chi connectivity index (χ2v) is 8.21. The molecule has 0 aromatic heterocycles. The molecule has 0 saturated carbocycles. The lowest BCUT2D eigenvalue weighted by Crippen LogP contribution is -2.58. The first-order chi connectivity index (χ1) is 13.0. The van der Waals surface area contributed by atoms with Gasteiger partial charge in [-0.05, 0) is 58.9 Å². The third-order valence-corrected chi connectivity index (χ3v) is 4.97. The highest BCUT2D eigenvalue weighted by molar-refractivity contribution is 5.97. The van der Waals surface area contributed by atoms with Gasteiger partial charge in [0.15, 0.2) is 29.8 Å². The molecule has 5 atom stereocenters. The first kappa shape index (κ1) is 19.5. The van der Waals surface area contributed by atoms with E-state index in [0.29, 0.717) is 11.3 Å². The third kappa shape index (κ3) is 3.58. The topological polar surface area (TPSA) is 92.3 Å². The fourth-order valence-corrected chi connectivity index (χ4v) is 3.82. The van der Waals surface area contributed by atoms with Crippen molar-refractivity contribution >= 4 is 17.4 Å². The lowest BCUT2D eigenvalue weighted by atomic mass is 9.98. The molecule has 152 valence electrons. The molecule has 1 N–H and O–H groups in total. The molecule has 8 nitrogen and oxygen atoms in total. The standard InChI is InChI=1S/C20H25NO7/c1-10(22)11-6-8-12(9-7-11)21-17(23)15-13-14(26-19(2,3)25-13)16-18(24-15)28-20(4,5)27-16/h6-9,13-16,18H,1-5H3,(H,21,23)/t13-,14+,15+,16-,18-/m0/s1. The average molecular weight is 391 g/mol. The predicted octanol–water partition coefficient (Wildman–Crippen LogP) is 2.22. The summed E-state index contributed by atoms with van der Waals surface area (Å²) in [5, 5.41) is 2.81. The van der Waals surface area contributed by atoms with Crippen LogP contribution in [-0.4, -0.2) is 54.0 Å². The van der Waals surface area contributed by atoms with Crippen molar-refractivity contribution in [1.82, 2.24) is 0 Å². The maximum atomic E-state index is 13.0. The molecule has 0 radical (unpaired) electrons. The number of hydrogen-bond donors (Lipinski definition) is 1. The Morgan fingerprint density at radius 1 is 0.857 bits per heavy atom. The van der Waals surface area contributed by atoms with Crippen molar-refractivity contribution in [3.05, 3.63) is 29.8 Å². The molecule has 0 bridgehead atoms. The van der Waals surface area contributed by atoms with E-state index in [2.05, 4.69) is 5.32 Å². The Labute approximate surface area is 163 Å². The zero-order valence-electron chi connectivity index (χ0n) is 16.6. The highest BCUT2D eigenvalue weighted by Gasteiger charge is 2.62. The summed E-state index contributed by atoms with van der Waals surface area (Å²) in [5.74, 6) is -2.13. The highest BCUT2D eigenvalue weighted by Crippen LogP contribution is 2.44. The number of ether oxygens (including phenoxy) is 5. The van der Waals surface area contributed by atoms with E-state index < -0.39 is 42.3 Å². The van der Waals surface area contributed by atoms with Crippen LogP contribution in [0.5, 0.6) is 0 Å². The van der Waals surface area contributed by atoms with Crippen molar-refractivity contribution in [1.29, 1.82) is 0 Å². The molecule has 4 rings (SSSR count). The second-order valence-electron chi connectivity index (χ2n) is 8.21. The summed E-state index contributed by atoms with van der Waals surface area (Å²) in [6, 6.07) is 6.67. The van der Waals surface area contributed by atoms with Crippen molar-refractivity contribution in [2.45, 2.75) is 76.9 Å². The lowest BCUT2D eigenvalue weighted by molar-refractivity contribution is -0.229. The molecule has 3 saturated heterocycles. The number of rotatable bonds is 3. The zero-order chi connectivity index (χ0) is 20.3. The van der Waals surface area contributed by atoms with E-state index in [1.54, 1.807) is 52.0 Å². The number of hydrogen-bond acceptors (Lipinski definition) is 7. The molecule has 1 aromatic carbocycles. The van der Waals surface area contributed by atoms with Gasteiger partial charge in [0.1, 0.15) is 18.3 Å². The van der Waals surface area contributed by atoms with E-state index in [4.69, 9.17) is 23.7 Å². The Morgan fingerprint density at radius 3 is 2.07 bits per heavy atom. The third-order valence-electron chi connectivity index (χ3n) is 4.97. The van der Waals surface area contributed by atoms with E-state index in [1.165, 1.54) is 6.92 Å². The molecule has 3 heterocycles. The molecule has 3 fully saturated rings. The molecule has 8 heteroatoms. The largest absolute Gasteiger partial charge is 0.342 e. The Bertz CT molecular complexity index is 788. The summed E-state index contributed by atoms with van der Waals surface area (Å²) >= 11 is 0. The van der Waals surface area contributed by atoms with Gasteiger partial charge < -0.3 is 29.0 Å². The summed E-state index contributed by atoms with van der Waals surface area (Å²) < 4.78 is 29.6. The van der Waals surface area contributed by atoms with Crippen molar-refractivity contribution in [3.63, 3.8) is 0 Å². The number of Topliss-reactive ketones (excluding diaryl/α,β-unsaturated/α-hetero) is 1. The number of anilines is 1. The second kappa shape index (κ2) is 6.60. The smallest absolute Gasteiger partial charge is 0.256 e. The first-order valence-electron chi connectivity index (χ1n) is 9.33. The molecule has 0 unspecified atom stereocenters. The van der Waals surface area contributed by atoms with Gasteiger partial charge in [-0.25, -0.2) is 0 Å². The molecule has 0 spiro atoms. The summed E-state index contributed by atoms with van der Waals surface area (Å²) in [4.78, 5) is 24.4. The highest BCUT2D eigenvalue weighted by atomic mass is 16.9. The minimum Gasteiger partial charge on any atom is -0.342 e. The Morgan fingerprint density at radius 2 is 1.43 bits per heavy atom. The Hall–Kier alpha value is -1.84. The number of carbonyl (C=O) groups excluding carboxylic acids is 2. The van der Waals surface area contributed by atoms with Crippen molar-refractivity contribution < 1.29 is 33.3 Å². The molecule has 3 aliphatic rings. The number of amides is 1. The summed E-state index contributed by atoms with van der Waals surface area (Å²) in [7, 11) is 0. The summed E-state index contributed by atoms with van der Waals surface area (Å²) in [6.07, 6.45) is -3.28. The van der Waals surface area contributed by atoms with Crippen LogP contribution >= 0.6 is 0 Å². The van der Waals surface area contributed by atoms with Gasteiger partial charge >= 0.3 is 0 Å². The van der Waals surface area contributed by atoms with E-state index >= 15 is 0 Å². The van der Waals surface area contributed by atoms with Crippen LogP contribution < -0.4 is 5.32 Å². The molecule has 1 aromatic rings. The van der Waals surface area contributed by atoms with Crippen LogP contribution in [0.25, 0.3) is 0 Å². The van der Waals surface area contributed by atoms with E-state index in [-0.39, 0.29) is 11.7 Å². The van der Waals surface area contributed by atoms with Crippen LogP contribution in [0.4, 0.5) is 5.69 Å². The SMILES string of the molecule is CC(=O)c1ccc(NC(=O)[C@@H]2O[C@H]3OC(C)(C)O[C@H]3[C@@H]3OC(C)(C)O[C@@H]32)cc1. The van der Waals surface area contributed by atoms with Crippen LogP contribution in [0, 0.1) is 0 Å². The lowest BCUT2D eigenvalue weighted by Gasteiger charge is -2.36. The molecule has 0 aliphatic carbocycles. The quantitative estimate of drug-likeness (QED) is 0.790. The average Bonchev–Trinajstić information content (AvgIpc) is 3.08. The van der Waals surface area contributed by atoms with Gasteiger partial charge in [0, 0.05) is 11.3 Å². The van der Waals surface area contributed by atoms with Gasteiger partial charge in [0.2, 0.25) is 0 Å². The van der Waals surface area contributed by atoms with Crippen molar-refractivity contribution in [2.24, 2.45) is 0 Å². The van der Waals surface area contributed by atoms with Crippen LogP contribution in [-0.2, 0) is 28.5 Å². The molecular weight excluding hydrogens is 366 g/mol. The molecular formula is C20H25NO7. The number of ketones is 1. The molecule has 28 heavy (non-hydrogen) atoms. The van der Waals surface area contributed by atoms with Crippen LogP contribution in [0.15, 0.2) is 24.3 Å². The minimum atomic E-state index is -0.932. The maximum absolute atomic E-state index is 13.0. The first-order valence-corrected chi connectivity index (χ1v) is 9.33. The van der Waals surface area contributed by atoms with Crippen molar-refractivity contribution in [2.75, 3.05) is 5.32 Å². The van der Waals surface area contributed by atoms with E-state index in [0.717, 1.165) is 0 Å². The van der Waals surface area contributed by atoms with Gasteiger partial charge in [-0.3, -0.25) is 9.59 Å². The molecule has 3 aliphatic heterocycles. The summed E-state index contributed by atoms with van der Waals surface area (Å²) in [5.41, 5.74) is 1.13. The van der Waals surface area contributed by atoms with Gasteiger partial charge in [-0.15, -0.1) is 0 Å². The minimum absolute atomic E-state index is 0.0397. The van der Waals surface area contributed by atoms with Crippen LogP contribution in [0.1, 0.15) is 45.0 Å². The van der Waals surface area contributed by atoms with Crippen LogP contribution in [0.3, 0.4) is 0 Å². The number of fused-ring (bicyclic) bond motifs is 3. The fourth-order valence-electron chi connectivity index (χ4n) is 3.82. The van der Waals surface area contributed by atoms with E-state index in [1.807, 2.05) is 0 Å². The molecule has 1 amide bonds. The predicted molar refractivity (Wildman–Crippen MR) is 97.6 cm³/mol. The van der Waals surface area contributed by atoms with Crippen molar-refractivity contribution in [3.8, 4) is 0 Å². The van der Waals surface area contributed by atoms with Gasteiger partial charge in [0.05, 0.1) is 0 Å².